The van der Waals surface area contributed by atoms with Crippen LogP contribution in [0.5, 0.6) is 0 Å². The highest BCUT2D eigenvalue weighted by atomic mass is 32.1. The smallest absolute Gasteiger partial charge is 0.260 e. The quantitative estimate of drug-likeness (QED) is 0.931. The Hall–Kier alpha value is -1.62. The van der Waals surface area contributed by atoms with Gasteiger partial charge in [0.1, 0.15) is 0 Å². The van der Waals surface area contributed by atoms with Gasteiger partial charge in [0, 0.05) is 24.2 Å². The lowest BCUT2D eigenvalue weighted by Crippen LogP contribution is -2.26. The van der Waals surface area contributed by atoms with Crippen molar-refractivity contribution in [2.24, 2.45) is 0 Å². The molecule has 5 heteroatoms. The van der Waals surface area contributed by atoms with Crippen LogP contribution in [0.4, 0.5) is 5.13 Å². The molecule has 2 heterocycles. The molecule has 0 atom stereocenters. The average molecular weight is 303 g/mol. The molecule has 0 unspecified atom stereocenters. The maximum absolute atomic E-state index is 12.7. The van der Waals surface area contributed by atoms with Crippen LogP contribution in [0.2, 0.25) is 0 Å². The molecule has 0 saturated heterocycles. The van der Waals surface area contributed by atoms with Crippen molar-refractivity contribution in [3.8, 4) is 11.3 Å². The summed E-state index contributed by atoms with van der Waals surface area (Å²) in [5, 5.41) is 6.03. The van der Waals surface area contributed by atoms with Gasteiger partial charge >= 0.3 is 0 Å². The Kier molecular flexibility index (Phi) is 4.39. The van der Waals surface area contributed by atoms with Crippen molar-refractivity contribution in [3.63, 3.8) is 0 Å². The van der Waals surface area contributed by atoms with E-state index in [1.807, 2.05) is 35.2 Å². The van der Waals surface area contributed by atoms with Crippen molar-refractivity contribution >= 4 is 16.5 Å². The molecule has 1 fully saturated rings. The SMILES string of the molecule is CCNc1nc(-c2cccn(C3CCCCC3)c2=O)cs1. The highest BCUT2D eigenvalue weighted by Gasteiger charge is 2.18. The van der Waals surface area contributed by atoms with Crippen LogP contribution in [0.25, 0.3) is 11.3 Å². The van der Waals surface area contributed by atoms with Crippen molar-refractivity contribution < 1.29 is 0 Å². The molecule has 1 aliphatic carbocycles. The molecule has 2 aromatic heterocycles. The Labute approximate surface area is 128 Å². The van der Waals surface area contributed by atoms with Gasteiger partial charge in [-0.2, -0.15) is 0 Å². The predicted octanol–water partition coefficient (Wildman–Crippen LogP) is 3.91. The Morgan fingerprint density at radius 1 is 1.38 bits per heavy atom. The van der Waals surface area contributed by atoms with E-state index in [2.05, 4.69) is 10.3 Å². The van der Waals surface area contributed by atoms with Crippen LogP contribution in [0.15, 0.2) is 28.5 Å². The second kappa shape index (κ2) is 6.43. The van der Waals surface area contributed by atoms with Gasteiger partial charge in [-0.1, -0.05) is 19.3 Å². The van der Waals surface area contributed by atoms with Crippen LogP contribution < -0.4 is 10.9 Å². The number of anilines is 1. The van der Waals surface area contributed by atoms with Gasteiger partial charge in [0.25, 0.3) is 5.56 Å². The fourth-order valence-corrected chi connectivity index (χ4v) is 3.76. The van der Waals surface area contributed by atoms with Crippen LogP contribution in [0, 0.1) is 0 Å². The molecule has 1 aliphatic rings. The van der Waals surface area contributed by atoms with E-state index in [9.17, 15) is 4.79 Å². The minimum Gasteiger partial charge on any atom is -0.362 e. The van der Waals surface area contributed by atoms with E-state index in [0.717, 1.165) is 30.2 Å². The van der Waals surface area contributed by atoms with Crippen LogP contribution in [-0.2, 0) is 0 Å². The van der Waals surface area contributed by atoms with Gasteiger partial charge in [-0.3, -0.25) is 4.79 Å². The van der Waals surface area contributed by atoms with Crippen LogP contribution >= 0.6 is 11.3 Å². The summed E-state index contributed by atoms with van der Waals surface area (Å²) in [4.78, 5) is 17.3. The molecular weight excluding hydrogens is 282 g/mol. The van der Waals surface area contributed by atoms with Crippen LogP contribution in [-0.4, -0.2) is 16.1 Å². The first kappa shape index (κ1) is 14.3. The van der Waals surface area contributed by atoms with E-state index in [1.54, 1.807) is 11.3 Å². The van der Waals surface area contributed by atoms with Crippen molar-refractivity contribution in [1.82, 2.24) is 9.55 Å². The summed E-state index contributed by atoms with van der Waals surface area (Å²) >= 11 is 1.55. The molecule has 112 valence electrons. The summed E-state index contributed by atoms with van der Waals surface area (Å²) in [6, 6.07) is 4.21. The van der Waals surface area contributed by atoms with Crippen molar-refractivity contribution in [2.45, 2.75) is 45.1 Å². The number of pyridine rings is 1. The van der Waals surface area contributed by atoms with E-state index < -0.39 is 0 Å². The summed E-state index contributed by atoms with van der Waals surface area (Å²) < 4.78 is 1.92. The van der Waals surface area contributed by atoms with E-state index in [-0.39, 0.29) is 5.56 Å². The van der Waals surface area contributed by atoms with Crippen molar-refractivity contribution in [2.75, 3.05) is 11.9 Å². The molecule has 2 aromatic rings. The molecular formula is C16H21N3OS. The zero-order valence-electron chi connectivity index (χ0n) is 12.3. The zero-order chi connectivity index (χ0) is 14.7. The average Bonchev–Trinajstić information content (AvgIpc) is 2.97. The van der Waals surface area contributed by atoms with E-state index >= 15 is 0 Å². The van der Waals surface area contributed by atoms with E-state index in [4.69, 9.17) is 0 Å². The standard InChI is InChI=1S/C16H21N3OS/c1-2-17-16-18-14(11-21-16)13-9-6-10-19(15(13)20)12-7-4-3-5-8-12/h6,9-12H,2-5,7-8H2,1H3,(H,17,18). The van der Waals surface area contributed by atoms with Gasteiger partial charge in [-0.05, 0) is 31.9 Å². The molecule has 4 nitrogen and oxygen atoms in total. The zero-order valence-corrected chi connectivity index (χ0v) is 13.2. The molecule has 0 spiro atoms. The molecule has 1 N–H and O–H groups in total. The first-order chi connectivity index (χ1) is 10.3. The number of rotatable bonds is 4. The second-order valence-corrected chi connectivity index (χ2v) is 6.35. The van der Waals surface area contributed by atoms with E-state index in [0.29, 0.717) is 11.6 Å². The molecule has 0 bridgehead atoms. The fraction of sp³-hybridized carbons (Fsp3) is 0.500. The summed E-state index contributed by atoms with van der Waals surface area (Å²) in [5.41, 5.74) is 1.59. The topological polar surface area (TPSA) is 46.9 Å². The summed E-state index contributed by atoms with van der Waals surface area (Å²) in [6.07, 6.45) is 7.90. The summed E-state index contributed by atoms with van der Waals surface area (Å²) in [6.45, 7) is 2.88. The van der Waals surface area contributed by atoms with Crippen LogP contribution in [0.1, 0.15) is 45.1 Å². The number of nitrogens with zero attached hydrogens (tertiary/aromatic N) is 2. The Balaban J connectivity index is 1.93. The first-order valence-corrected chi connectivity index (χ1v) is 8.58. The third-order valence-electron chi connectivity index (χ3n) is 4.05. The maximum atomic E-state index is 12.7. The normalized spacial score (nSPS) is 16.0. The summed E-state index contributed by atoms with van der Waals surface area (Å²) in [7, 11) is 0. The van der Waals surface area contributed by atoms with Gasteiger partial charge in [0.05, 0.1) is 11.3 Å². The van der Waals surface area contributed by atoms with Gasteiger partial charge in [-0.15, -0.1) is 11.3 Å². The Bertz CT molecular complexity index is 656. The third kappa shape index (κ3) is 3.02. The minimum atomic E-state index is 0.0951. The highest BCUT2D eigenvalue weighted by Crippen LogP contribution is 2.28. The lowest BCUT2D eigenvalue weighted by Gasteiger charge is -2.24. The fourth-order valence-electron chi connectivity index (χ4n) is 2.98. The minimum absolute atomic E-state index is 0.0951. The Morgan fingerprint density at radius 2 is 2.19 bits per heavy atom. The lowest BCUT2D eigenvalue weighted by atomic mass is 9.95. The number of hydrogen-bond acceptors (Lipinski definition) is 4. The van der Waals surface area contributed by atoms with E-state index in [1.165, 1.54) is 19.3 Å². The van der Waals surface area contributed by atoms with Gasteiger partial charge in [0.2, 0.25) is 0 Å². The molecule has 1 saturated carbocycles. The second-order valence-electron chi connectivity index (χ2n) is 5.49. The molecule has 3 rings (SSSR count). The van der Waals surface area contributed by atoms with Gasteiger partial charge < -0.3 is 9.88 Å². The molecule has 21 heavy (non-hydrogen) atoms. The van der Waals surface area contributed by atoms with Gasteiger partial charge in [0.15, 0.2) is 5.13 Å². The maximum Gasteiger partial charge on any atom is 0.260 e. The predicted molar refractivity (Wildman–Crippen MR) is 88.1 cm³/mol. The highest BCUT2D eigenvalue weighted by molar-refractivity contribution is 7.14. The summed E-state index contributed by atoms with van der Waals surface area (Å²) in [5.74, 6) is 0. The van der Waals surface area contributed by atoms with Crippen molar-refractivity contribution in [1.29, 1.82) is 0 Å². The largest absolute Gasteiger partial charge is 0.362 e. The van der Waals surface area contributed by atoms with Gasteiger partial charge in [-0.25, -0.2) is 4.98 Å². The number of nitrogens with one attached hydrogen (secondary N) is 1. The molecule has 0 amide bonds. The molecule has 0 aliphatic heterocycles. The molecule has 0 aromatic carbocycles. The molecule has 0 radical (unpaired) electrons. The van der Waals surface area contributed by atoms with Crippen LogP contribution in [0.3, 0.4) is 0 Å². The third-order valence-corrected chi connectivity index (χ3v) is 4.85. The Morgan fingerprint density at radius 3 is 2.95 bits per heavy atom. The number of aromatic nitrogens is 2. The number of hydrogen-bond donors (Lipinski definition) is 1. The number of thiazole rings is 1. The first-order valence-electron chi connectivity index (χ1n) is 7.70. The lowest BCUT2D eigenvalue weighted by molar-refractivity contribution is 0.346. The monoisotopic (exact) mass is 303 g/mol. The van der Waals surface area contributed by atoms with Crippen molar-refractivity contribution in [3.05, 3.63) is 34.1 Å².